The van der Waals surface area contributed by atoms with Crippen molar-refractivity contribution in [3.05, 3.63) is 17.7 Å². The topological polar surface area (TPSA) is 40.7 Å². The Morgan fingerprint density at radius 2 is 2.38 bits per heavy atom. The molecular formula is C10H15N3. The summed E-state index contributed by atoms with van der Waals surface area (Å²) in [6.07, 6.45) is 7.03. The van der Waals surface area contributed by atoms with Crippen molar-refractivity contribution in [2.45, 2.75) is 32.9 Å². The lowest BCUT2D eigenvalue weighted by molar-refractivity contribution is 0.486. The molecular weight excluding hydrogens is 162 g/mol. The second kappa shape index (κ2) is 3.63. The van der Waals surface area contributed by atoms with E-state index in [1.54, 1.807) is 6.33 Å². The number of aryl methyl sites for hydroxylation is 1. The van der Waals surface area contributed by atoms with Crippen LogP contribution in [-0.2, 0) is 6.54 Å². The summed E-state index contributed by atoms with van der Waals surface area (Å²) in [6, 6.07) is 0. The summed E-state index contributed by atoms with van der Waals surface area (Å²) in [5.74, 6) is 2.67. The van der Waals surface area contributed by atoms with Gasteiger partial charge in [-0.2, -0.15) is 0 Å². The number of hydrogen-bond acceptors (Lipinski definition) is 2. The van der Waals surface area contributed by atoms with Crippen molar-refractivity contribution in [3.63, 3.8) is 0 Å². The van der Waals surface area contributed by atoms with Crippen LogP contribution in [0.2, 0.25) is 0 Å². The van der Waals surface area contributed by atoms with Gasteiger partial charge >= 0.3 is 0 Å². The molecule has 0 aliphatic heterocycles. The van der Waals surface area contributed by atoms with Gasteiger partial charge in [0.25, 0.3) is 0 Å². The number of aromatic nitrogens is 2. The largest absolute Gasteiger partial charge is 0.348 e. The van der Waals surface area contributed by atoms with E-state index in [0.717, 1.165) is 11.4 Å². The van der Waals surface area contributed by atoms with Crippen LogP contribution in [0.25, 0.3) is 0 Å². The molecule has 0 bridgehead atoms. The highest BCUT2D eigenvalue weighted by Crippen LogP contribution is 2.04. The van der Waals surface area contributed by atoms with Crippen molar-refractivity contribution in [2.75, 3.05) is 0 Å². The van der Waals surface area contributed by atoms with Gasteiger partial charge < -0.3 is 4.98 Å². The van der Waals surface area contributed by atoms with Gasteiger partial charge in [0.05, 0.1) is 17.6 Å². The summed E-state index contributed by atoms with van der Waals surface area (Å²) in [5, 5.41) is 3.23. The van der Waals surface area contributed by atoms with Crippen LogP contribution in [0.5, 0.6) is 0 Å². The van der Waals surface area contributed by atoms with Crippen molar-refractivity contribution in [2.24, 2.45) is 0 Å². The molecule has 3 nitrogen and oxygen atoms in total. The Bertz CT molecular complexity index is 317. The minimum absolute atomic E-state index is 0.272. The van der Waals surface area contributed by atoms with Crippen LogP contribution >= 0.6 is 0 Å². The number of hydrogen-bond donors (Lipinski definition) is 2. The van der Waals surface area contributed by atoms with E-state index in [4.69, 9.17) is 6.42 Å². The molecule has 0 radical (unpaired) electrons. The first-order valence-electron chi connectivity index (χ1n) is 4.27. The maximum absolute atomic E-state index is 5.34. The predicted octanol–water partition coefficient (Wildman–Crippen LogP) is 1.22. The van der Waals surface area contributed by atoms with Gasteiger partial charge in [0.1, 0.15) is 0 Å². The number of aromatic amines is 1. The Kier molecular flexibility index (Phi) is 2.74. The Hall–Kier alpha value is -1.27. The zero-order valence-electron chi connectivity index (χ0n) is 8.31. The lowest BCUT2D eigenvalue weighted by Crippen LogP contribution is -2.37. The van der Waals surface area contributed by atoms with Crippen LogP contribution in [0.4, 0.5) is 0 Å². The fraction of sp³-hybridized carbons (Fsp3) is 0.500. The van der Waals surface area contributed by atoms with Crippen molar-refractivity contribution in [1.29, 1.82) is 0 Å². The monoisotopic (exact) mass is 177 g/mol. The molecule has 1 heterocycles. The minimum Gasteiger partial charge on any atom is -0.348 e. The highest BCUT2D eigenvalue weighted by molar-refractivity contribution is 5.12. The zero-order valence-corrected chi connectivity index (χ0v) is 8.31. The van der Waals surface area contributed by atoms with E-state index in [-0.39, 0.29) is 5.54 Å². The van der Waals surface area contributed by atoms with E-state index in [2.05, 4.69) is 21.2 Å². The van der Waals surface area contributed by atoms with Gasteiger partial charge in [-0.15, -0.1) is 6.42 Å². The molecule has 1 aromatic rings. The van der Waals surface area contributed by atoms with Gasteiger partial charge in [-0.3, -0.25) is 5.32 Å². The third-order valence-electron chi connectivity index (χ3n) is 1.99. The van der Waals surface area contributed by atoms with Crippen LogP contribution in [0.15, 0.2) is 6.33 Å². The molecule has 0 spiro atoms. The highest BCUT2D eigenvalue weighted by atomic mass is 15.0. The summed E-state index contributed by atoms with van der Waals surface area (Å²) in [4.78, 5) is 7.19. The zero-order chi connectivity index (χ0) is 9.90. The molecule has 0 atom stereocenters. The Balaban J connectivity index is 2.54. The van der Waals surface area contributed by atoms with Crippen molar-refractivity contribution >= 4 is 0 Å². The second-order valence-electron chi connectivity index (χ2n) is 3.60. The minimum atomic E-state index is -0.272. The molecule has 1 aromatic heterocycles. The number of rotatable bonds is 3. The fourth-order valence-corrected chi connectivity index (χ4v) is 0.921. The maximum atomic E-state index is 5.34. The summed E-state index contributed by atoms with van der Waals surface area (Å²) in [5.41, 5.74) is 1.83. The van der Waals surface area contributed by atoms with E-state index in [1.165, 1.54) is 0 Å². The summed E-state index contributed by atoms with van der Waals surface area (Å²) >= 11 is 0. The third kappa shape index (κ3) is 2.60. The third-order valence-corrected chi connectivity index (χ3v) is 1.99. The number of nitrogens with zero attached hydrogens (tertiary/aromatic N) is 1. The summed E-state index contributed by atoms with van der Waals surface area (Å²) in [7, 11) is 0. The lowest BCUT2D eigenvalue weighted by atomic mass is 10.1. The fourth-order valence-electron chi connectivity index (χ4n) is 0.921. The molecule has 2 N–H and O–H groups in total. The van der Waals surface area contributed by atoms with Gasteiger partial charge in [0, 0.05) is 12.2 Å². The van der Waals surface area contributed by atoms with Crippen LogP contribution < -0.4 is 5.32 Å². The molecule has 13 heavy (non-hydrogen) atoms. The average Bonchev–Trinajstić information content (AvgIpc) is 2.48. The van der Waals surface area contributed by atoms with Crippen LogP contribution in [0.1, 0.15) is 25.2 Å². The molecule has 0 saturated heterocycles. The van der Waals surface area contributed by atoms with Crippen molar-refractivity contribution in [1.82, 2.24) is 15.3 Å². The molecule has 0 aliphatic carbocycles. The first-order chi connectivity index (χ1) is 6.05. The first-order valence-corrected chi connectivity index (χ1v) is 4.27. The first kappa shape index (κ1) is 9.82. The Morgan fingerprint density at radius 1 is 1.69 bits per heavy atom. The molecule has 1 rings (SSSR count). The normalized spacial score (nSPS) is 11.2. The molecule has 3 heteroatoms. The molecule has 0 aliphatic rings. The molecule has 0 fully saturated rings. The standard InChI is InChI=1S/C10H15N3/c1-5-10(3,4)13-6-9-8(2)11-7-12-9/h1,7,13H,6H2,2-4H3,(H,11,12). The van der Waals surface area contributed by atoms with E-state index in [0.29, 0.717) is 6.54 Å². The van der Waals surface area contributed by atoms with Crippen molar-refractivity contribution < 1.29 is 0 Å². The van der Waals surface area contributed by atoms with Crippen LogP contribution in [-0.4, -0.2) is 15.5 Å². The van der Waals surface area contributed by atoms with E-state index >= 15 is 0 Å². The maximum Gasteiger partial charge on any atom is 0.0925 e. The van der Waals surface area contributed by atoms with Gasteiger partial charge in [-0.1, -0.05) is 5.92 Å². The predicted molar refractivity (Wildman–Crippen MR) is 53.1 cm³/mol. The SMILES string of the molecule is C#CC(C)(C)NCc1nc[nH]c1C. The van der Waals surface area contributed by atoms with Gasteiger partial charge in [-0.05, 0) is 20.8 Å². The average molecular weight is 177 g/mol. The Morgan fingerprint density at radius 3 is 2.85 bits per heavy atom. The van der Waals surface area contributed by atoms with Gasteiger partial charge in [0.15, 0.2) is 0 Å². The highest BCUT2D eigenvalue weighted by Gasteiger charge is 2.13. The summed E-state index contributed by atoms with van der Waals surface area (Å²) in [6.45, 7) is 6.63. The molecule has 70 valence electrons. The molecule has 0 aromatic carbocycles. The number of terminal acetylenes is 1. The van der Waals surface area contributed by atoms with Crippen molar-refractivity contribution in [3.8, 4) is 12.3 Å². The van der Waals surface area contributed by atoms with Gasteiger partial charge in [0.2, 0.25) is 0 Å². The molecule has 0 amide bonds. The van der Waals surface area contributed by atoms with E-state index in [9.17, 15) is 0 Å². The van der Waals surface area contributed by atoms with E-state index < -0.39 is 0 Å². The van der Waals surface area contributed by atoms with Crippen LogP contribution in [0, 0.1) is 19.3 Å². The quantitative estimate of drug-likeness (QED) is 0.681. The number of H-pyrrole nitrogens is 1. The number of imidazole rings is 1. The molecule has 0 unspecified atom stereocenters. The van der Waals surface area contributed by atoms with Crippen LogP contribution in [0.3, 0.4) is 0 Å². The van der Waals surface area contributed by atoms with E-state index in [1.807, 2.05) is 20.8 Å². The Labute approximate surface area is 79.0 Å². The smallest absolute Gasteiger partial charge is 0.0925 e. The summed E-state index contributed by atoms with van der Waals surface area (Å²) < 4.78 is 0. The molecule has 0 saturated carbocycles. The lowest BCUT2D eigenvalue weighted by Gasteiger charge is -2.18. The second-order valence-corrected chi connectivity index (χ2v) is 3.60. The number of nitrogens with one attached hydrogen (secondary N) is 2. The van der Waals surface area contributed by atoms with Gasteiger partial charge in [-0.25, -0.2) is 4.98 Å².